The summed E-state index contributed by atoms with van der Waals surface area (Å²) in [5.74, 6) is 0.0797. The number of methoxy groups -OCH3 is 1. The molecule has 3 unspecified atom stereocenters. The van der Waals surface area contributed by atoms with E-state index in [2.05, 4.69) is 6.92 Å². The van der Waals surface area contributed by atoms with Gasteiger partial charge in [-0.2, -0.15) is 0 Å². The van der Waals surface area contributed by atoms with Gasteiger partial charge in [-0.15, -0.1) is 0 Å². The number of hydrogen-bond donors (Lipinski definition) is 1. The second kappa shape index (κ2) is 7.62. The zero-order chi connectivity index (χ0) is 15.3. The molecule has 3 atom stereocenters. The van der Waals surface area contributed by atoms with Gasteiger partial charge in [0.25, 0.3) is 0 Å². The summed E-state index contributed by atoms with van der Waals surface area (Å²) in [5, 5.41) is 0.708. The molecule has 1 aromatic carbocycles. The molecule has 0 radical (unpaired) electrons. The maximum Gasteiger partial charge on any atom is 0.241 e. The average molecular weight is 299 g/mol. The minimum absolute atomic E-state index is 0.0339. The first-order valence-electron chi connectivity index (χ1n) is 6.65. The van der Waals surface area contributed by atoms with Crippen LogP contribution in [0.25, 0.3) is 0 Å². The molecule has 0 spiro atoms. The van der Waals surface area contributed by atoms with Gasteiger partial charge in [0.1, 0.15) is 6.04 Å². The van der Waals surface area contributed by atoms with Crippen molar-refractivity contribution in [3.05, 3.63) is 34.9 Å². The van der Waals surface area contributed by atoms with Crippen LogP contribution in [0.2, 0.25) is 5.02 Å². The van der Waals surface area contributed by atoms with Crippen LogP contribution in [0, 0.1) is 0 Å². The molecule has 2 N–H and O–H groups in total. The van der Waals surface area contributed by atoms with Crippen molar-refractivity contribution in [3.8, 4) is 0 Å². The molecule has 112 valence electrons. The predicted octanol–water partition coefficient (Wildman–Crippen LogP) is 2.26. The zero-order valence-corrected chi connectivity index (χ0v) is 13.2. The molecule has 0 saturated carbocycles. The molecule has 0 saturated heterocycles. The standard InChI is InChI=1S/C15H23ClN2O2/c1-10(12-5-7-13(16)8-6-12)11(2)18(3)15(19)14(17)9-20-4/h5-8,10-11,14H,9,17H2,1-4H3. The predicted molar refractivity (Wildman–Crippen MR) is 82.0 cm³/mol. The average Bonchev–Trinajstić information content (AvgIpc) is 2.45. The lowest BCUT2D eigenvalue weighted by molar-refractivity contribution is -0.134. The van der Waals surface area contributed by atoms with E-state index in [4.69, 9.17) is 22.1 Å². The molecule has 0 fully saturated rings. The Morgan fingerprint density at radius 3 is 2.40 bits per heavy atom. The number of rotatable bonds is 6. The van der Waals surface area contributed by atoms with Crippen LogP contribution >= 0.6 is 11.6 Å². The molecule has 1 rings (SSSR count). The van der Waals surface area contributed by atoms with Crippen LogP contribution in [0.15, 0.2) is 24.3 Å². The normalized spacial score (nSPS) is 15.5. The Labute approximate surface area is 125 Å². The molecule has 20 heavy (non-hydrogen) atoms. The molecule has 0 aliphatic heterocycles. The molecule has 0 heterocycles. The number of ether oxygens (including phenoxy) is 1. The lowest BCUT2D eigenvalue weighted by Gasteiger charge is -2.32. The van der Waals surface area contributed by atoms with Gasteiger partial charge in [-0.3, -0.25) is 4.79 Å². The van der Waals surface area contributed by atoms with E-state index in [1.165, 1.54) is 7.11 Å². The van der Waals surface area contributed by atoms with Gasteiger partial charge in [0.15, 0.2) is 0 Å². The summed E-state index contributed by atoms with van der Waals surface area (Å²) in [4.78, 5) is 13.8. The van der Waals surface area contributed by atoms with Crippen LogP contribution in [0.5, 0.6) is 0 Å². The maximum atomic E-state index is 12.2. The van der Waals surface area contributed by atoms with Gasteiger partial charge in [-0.25, -0.2) is 0 Å². The van der Waals surface area contributed by atoms with E-state index < -0.39 is 6.04 Å². The van der Waals surface area contributed by atoms with Crippen LogP contribution in [0.1, 0.15) is 25.3 Å². The first-order valence-corrected chi connectivity index (χ1v) is 7.03. The van der Waals surface area contributed by atoms with Crippen molar-refractivity contribution >= 4 is 17.5 Å². The van der Waals surface area contributed by atoms with Crippen molar-refractivity contribution in [1.82, 2.24) is 4.90 Å². The molecular formula is C15H23ClN2O2. The van der Waals surface area contributed by atoms with E-state index in [0.717, 1.165) is 5.56 Å². The lowest BCUT2D eigenvalue weighted by Crippen LogP contribution is -2.48. The summed E-state index contributed by atoms with van der Waals surface area (Å²) in [6.45, 7) is 4.32. The van der Waals surface area contributed by atoms with Crippen molar-refractivity contribution in [3.63, 3.8) is 0 Å². The highest BCUT2D eigenvalue weighted by Gasteiger charge is 2.26. The largest absolute Gasteiger partial charge is 0.383 e. The first kappa shape index (κ1) is 17.0. The topological polar surface area (TPSA) is 55.6 Å². The van der Waals surface area contributed by atoms with E-state index in [1.54, 1.807) is 11.9 Å². The van der Waals surface area contributed by atoms with E-state index >= 15 is 0 Å². The van der Waals surface area contributed by atoms with Gasteiger partial charge >= 0.3 is 0 Å². The second-order valence-electron chi connectivity index (χ2n) is 5.09. The van der Waals surface area contributed by atoms with Crippen LogP contribution in [-0.2, 0) is 9.53 Å². The van der Waals surface area contributed by atoms with Gasteiger partial charge in [0.05, 0.1) is 6.61 Å². The highest BCUT2D eigenvalue weighted by molar-refractivity contribution is 6.30. The molecule has 0 aliphatic rings. The number of hydrogen-bond acceptors (Lipinski definition) is 3. The van der Waals surface area contributed by atoms with Crippen LogP contribution in [0.3, 0.4) is 0 Å². The Kier molecular flexibility index (Phi) is 6.46. The number of carbonyl (C=O) groups excluding carboxylic acids is 1. The Hall–Kier alpha value is -1.10. The maximum absolute atomic E-state index is 12.2. The van der Waals surface area contributed by atoms with Crippen molar-refractivity contribution in [2.75, 3.05) is 20.8 Å². The Balaban J connectivity index is 2.75. The van der Waals surface area contributed by atoms with Crippen molar-refractivity contribution in [2.24, 2.45) is 5.73 Å². The van der Waals surface area contributed by atoms with Crippen LogP contribution in [-0.4, -0.2) is 43.7 Å². The summed E-state index contributed by atoms with van der Waals surface area (Å²) in [7, 11) is 3.31. The fourth-order valence-electron chi connectivity index (χ4n) is 2.09. The van der Waals surface area contributed by atoms with Crippen LogP contribution < -0.4 is 5.73 Å². The SMILES string of the molecule is COCC(N)C(=O)N(C)C(C)C(C)c1ccc(Cl)cc1. The molecule has 5 heteroatoms. The third-order valence-corrected chi connectivity index (χ3v) is 3.99. The fraction of sp³-hybridized carbons (Fsp3) is 0.533. The van der Waals surface area contributed by atoms with Crippen molar-refractivity contribution in [1.29, 1.82) is 0 Å². The Morgan fingerprint density at radius 1 is 1.35 bits per heavy atom. The fourth-order valence-corrected chi connectivity index (χ4v) is 2.22. The minimum Gasteiger partial charge on any atom is -0.383 e. The summed E-state index contributed by atoms with van der Waals surface area (Å²) in [6, 6.07) is 7.10. The van der Waals surface area contributed by atoms with Crippen molar-refractivity contribution in [2.45, 2.75) is 31.8 Å². The summed E-state index contributed by atoms with van der Waals surface area (Å²) in [5.41, 5.74) is 6.93. The first-order chi connectivity index (χ1) is 9.38. The highest BCUT2D eigenvalue weighted by Crippen LogP contribution is 2.24. The van der Waals surface area contributed by atoms with E-state index in [-0.39, 0.29) is 24.5 Å². The van der Waals surface area contributed by atoms with Crippen LogP contribution in [0.4, 0.5) is 0 Å². The summed E-state index contributed by atoms with van der Waals surface area (Å²) >= 11 is 5.89. The third kappa shape index (κ3) is 4.20. The molecule has 1 aromatic rings. The zero-order valence-electron chi connectivity index (χ0n) is 12.5. The number of nitrogens with two attached hydrogens (primary N) is 1. The van der Waals surface area contributed by atoms with Gasteiger partial charge in [0, 0.05) is 31.1 Å². The monoisotopic (exact) mass is 298 g/mol. The number of nitrogens with zero attached hydrogens (tertiary/aromatic N) is 1. The van der Waals surface area contributed by atoms with E-state index in [0.29, 0.717) is 5.02 Å². The highest BCUT2D eigenvalue weighted by atomic mass is 35.5. The summed E-state index contributed by atoms with van der Waals surface area (Å²) < 4.78 is 4.93. The third-order valence-electron chi connectivity index (χ3n) is 3.74. The number of amides is 1. The van der Waals surface area contributed by atoms with Crippen molar-refractivity contribution < 1.29 is 9.53 Å². The molecule has 0 aromatic heterocycles. The van der Waals surface area contributed by atoms with E-state index in [1.807, 2.05) is 31.2 Å². The quantitative estimate of drug-likeness (QED) is 0.876. The molecule has 0 bridgehead atoms. The molecule has 1 amide bonds. The number of carbonyl (C=O) groups is 1. The van der Waals surface area contributed by atoms with E-state index in [9.17, 15) is 4.79 Å². The van der Waals surface area contributed by atoms with Gasteiger partial charge in [-0.05, 0) is 24.6 Å². The minimum atomic E-state index is -0.620. The molecular weight excluding hydrogens is 276 g/mol. The smallest absolute Gasteiger partial charge is 0.241 e. The molecule has 0 aliphatic carbocycles. The Morgan fingerprint density at radius 2 is 1.90 bits per heavy atom. The Bertz CT molecular complexity index is 436. The molecule has 4 nitrogen and oxygen atoms in total. The number of benzene rings is 1. The number of likely N-dealkylation sites (N-methyl/N-ethyl adjacent to an activating group) is 1. The summed E-state index contributed by atoms with van der Waals surface area (Å²) in [6.07, 6.45) is 0. The van der Waals surface area contributed by atoms with Gasteiger partial charge in [-0.1, -0.05) is 30.7 Å². The number of halogens is 1. The lowest BCUT2D eigenvalue weighted by atomic mass is 9.93. The van der Waals surface area contributed by atoms with Gasteiger partial charge < -0.3 is 15.4 Å². The second-order valence-corrected chi connectivity index (χ2v) is 5.53. The van der Waals surface area contributed by atoms with Gasteiger partial charge in [0.2, 0.25) is 5.91 Å².